The maximum absolute atomic E-state index is 8.85. The topological polar surface area (TPSA) is 48.7 Å². The molecule has 0 aliphatic heterocycles. The molecule has 2 heterocycles. The molecule has 0 aliphatic carbocycles. The molecule has 1 N–H and O–H groups in total. The van der Waals surface area contributed by atoms with Crippen molar-refractivity contribution in [1.82, 2.24) is 4.98 Å². The molecule has 0 bridgehead atoms. The van der Waals surface area contributed by atoms with Gasteiger partial charge in [0, 0.05) is 17.6 Å². The second-order valence-electron chi connectivity index (χ2n) is 3.52. The Morgan fingerprint density at radius 1 is 1.33 bits per heavy atom. The summed E-state index contributed by atoms with van der Waals surface area (Å²) in [4.78, 5) is 5.30. The lowest BCUT2D eigenvalue weighted by Crippen LogP contribution is -2.06. The number of nitriles is 1. The van der Waals surface area contributed by atoms with Gasteiger partial charge in [0.2, 0.25) is 0 Å². The zero-order chi connectivity index (χ0) is 13.0. The highest BCUT2D eigenvalue weighted by atomic mass is 35.5. The van der Waals surface area contributed by atoms with Gasteiger partial charge in [-0.15, -0.1) is 11.3 Å². The SMILES string of the molecule is N#Cc1ccnc(NCCc2ccc(Cl)s2)c1Cl. The van der Waals surface area contributed by atoms with E-state index in [2.05, 4.69) is 10.3 Å². The molecule has 6 heteroatoms. The third-order valence-corrected chi connectivity index (χ3v) is 3.98. The van der Waals surface area contributed by atoms with Crippen LogP contribution in [0.5, 0.6) is 0 Å². The molecule has 0 fully saturated rings. The first-order chi connectivity index (χ1) is 8.70. The predicted molar refractivity (Wildman–Crippen MR) is 75.5 cm³/mol. The minimum Gasteiger partial charge on any atom is -0.368 e. The summed E-state index contributed by atoms with van der Waals surface area (Å²) in [6, 6.07) is 7.48. The van der Waals surface area contributed by atoms with Crippen molar-refractivity contribution < 1.29 is 0 Å². The van der Waals surface area contributed by atoms with Crippen LogP contribution in [0.3, 0.4) is 0 Å². The van der Waals surface area contributed by atoms with Crippen LogP contribution in [0.25, 0.3) is 0 Å². The number of thiophene rings is 1. The van der Waals surface area contributed by atoms with Crippen molar-refractivity contribution in [3.63, 3.8) is 0 Å². The molecule has 18 heavy (non-hydrogen) atoms. The van der Waals surface area contributed by atoms with Crippen molar-refractivity contribution in [2.45, 2.75) is 6.42 Å². The third kappa shape index (κ3) is 3.14. The van der Waals surface area contributed by atoms with Gasteiger partial charge in [-0.3, -0.25) is 0 Å². The van der Waals surface area contributed by atoms with E-state index in [1.54, 1.807) is 23.6 Å². The van der Waals surface area contributed by atoms with Gasteiger partial charge in [-0.25, -0.2) is 4.98 Å². The lowest BCUT2D eigenvalue weighted by atomic mass is 10.3. The Morgan fingerprint density at radius 3 is 2.83 bits per heavy atom. The number of nitrogens with zero attached hydrogens (tertiary/aromatic N) is 2. The van der Waals surface area contributed by atoms with Crippen LogP contribution in [0.1, 0.15) is 10.4 Å². The first kappa shape index (κ1) is 13.2. The fourth-order valence-corrected chi connectivity index (χ4v) is 2.75. The van der Waals surface area contributed by atoms with Crippen LogP contribution in [0.2, 0.25) is 9.36 Å². The summed E-state index contributed by atoms with van der Waals surface area (Å²) in [5.41, 5.74) is 0.424. The Morgan fingerprint density at radius 2 is 2.17 bits per heavy atom. The molecule has 0 spiro atoms. The molecular formula is C12H9Cl2N3S. The van der Waals surface area contributed by atoms with Gasteiger partial charge in [-0.05, 0) is 24.6 Å². The molecule has 0 aromatic carbocycles. The molecule has 0 saturated carbocycles. The first-order valence-corrected chi connectivity index (χ1v) is 6.80. The van der Waals surface area contributed by atoms with E-state index >= 15 is 0 Å². The largest absolute Gasteiger partial charge is 0.368 e. The average Bonchev–Trinajstić information content (AvgIpc) is 2.77. The Bertz CT molecular complexity index is 589. The molecule has 0 aliphatic rings. The zero-order valence-electron chi connectivity index (χ0n) is 9.28. The van der Waals surface area contributed by atoms with Crippen molar-refractivity contribution >= 4 is 40.4 Å². The minimum absolute atomic E-state index is 0.365. The van der Waals surface area contributed by atoms with Crippen molar-refractivity contribution in [3.8, 4) is 6.07 Å². The zero-order valence-corrected chi connectivity index (χ0v) is 11.6. The molecule has 3 nitrogen and oxygen atoms in total. The van der Waals surface area contributed by atoms with Crippen LogP contribution in [0, 0.1) is 11.3 Å². The normalized spacial score (nSPS) is 10.1. The maximum atomic E-state index is 8.85. The number of hydrogen-bond acceptors (Lipinski definition) is 4. The van der Waals surface area contributed by atoms with Crippen LogP contribution >= 0.6 is 34.5 Å². The molecule has 0 atom stereocenters. The second kappa shape index (κ2) is 6.05. The molecule has 2 aromatic heterocycles. The van der Waals surface area contributed by atoms with Crippen LogP contribution < -0.4 is 5.32 Å². The summed E-state index contributed by atoms with van der Waals surface area (Å²) < 4.78 is 0.785. The molecule has 92 valence electrons. The second-order valence-corrected chi connectivity index (χ2v) is 5.69. The summed E-state index contributed by atoms with van der Waals surface area (Å²) in [6.07, 6.45) is 2.40. The highest BCUT2D eigenvalue weighted by Gasteiger charge is 2.06. The predicted octanol–water partition coefficient (Wildman–Crippen LogP) is 3.98. The third-order valence-electron chi connectivity index (χ3n) is 2.30. The van der Waals surface area contributed by atoms with Crippen LogP contribution in [0.4, 0.5) is 5.82 Å². The van der Waals surface area contributed by atoms with E-state index in [4.69, 9.17) is 28.5 Å². The summed E-state index contributed by atoms with van der Waals surface area (Å²) in [5, 5.41) is 12.3. The van der Waals surface area contributed by atoms with Crippen molar-refractivity contribution in [2.24, 2.45) is 0 Å². The van der Waals surface area contributed by atoms with Gasteiger partial charge in [-0.2, -0.15) is 5.26 Å². The number of nitrogens with one attached hydrogen (secondary N) is 1. The van der Waals surface area contributed by atoms with E-state index in [0.29, 0.717) is 22.9 Å². The van der Waals surface area contributed by atoms with Crippen LogP contribution in [0.15, 0.2) is 24.4 Å². The number of rotatable bonds is 4. The van der Waals surface area contributed by atoms with Crippen molar-refractivity contribution in [3.05, 3.63) is 44.2 Å². The Hall–Kier alpha value is -1.28. The number of aromatic nitrogens is 1. The van der Waals surface area contributed by atoms with E-state index in [1.165, 1.54) is 4.88 Å². The highest BCUT2D eigenvalue weighted by Crippen LogP contribution is 2.24. The summed E-state index contributed by atoms with van der Waals surface area (Å²) in [5.74, 6) is 0.540. The van der Waals surface area contributed by atoms with Gasteiger partial charge in [0.1, 0.15) is 16.9 Å². The fraction of sp³-hybridized carbons (Fsp3) is 0.167. The Balaban J connectivity index is 1.97. The van der Waals surface area contributed by atoms with Gasteiger partial charge in [-0.1, -0.05) is 23.2 Å². The number of hydrogen-bond donors (Lipinski definition) is 1. The van der Waals surface area contributed by atoms with E-state index in [1.807, 2.05) is 18.2 Å². The van der Waals surface area contributed by atoms with Crippen LogP contribution in [-0.4, -0.2) is 11.5 Å². The summed E-state index contributed by atoms with van der Waals surface area (Å²) >= 11 is 13.4. The van der Waals surface area contributed by atoms with Gasteiger partial charge >= 0.3 is 0 Å². The molecular weight excluding hydrogens is 289 g/mol. The van der Waals surface area contributed by atoms with E-state index in [0.717, 1.165) is 10.8 Å². The Labute approximate surface area is 119 Å². The maximum Gasteiger partial charge on any atom is 0.146 e. The number of anilines is 1. The van der Waals surface area contributed by atoms with Crippen LogP contribution in [-0.2, 0) is 6.42 Å². The summed E-state index contributed by atoms with van der Waals surface area (Å²) in [7, 11) is 0. The molecule has 0 radical (unpaired) electrons. The molecule has 2 aromatic rings. The Kier molecular flexibility index (Phi) is 4.43. The molecule has 2 rings (SSSR count). The first-order valence-electron chi connectivity index (χ1n) is 5.23. The fourth-order valence-electron chi connectivity index (χ4n) is 1.44. The molecule has 0 unspecified atom stereocenters. The van der Waals surface area contributed by atoms with Gasteiger partial charge in [0.25, 0.3) is 0 Å². The minimum atomic E-state index is 0.365. The summed E-state index contributed by atoms with van der Waals surface area (Å²) in [6.45, 7) is 0.693. The quantitative estimate of drug-likeness (QED) is 0.929. The van der Waals surface area contributed by atoms with Gasteiger partial charge < -0.3 is 5.32 Å². The lowest BCUT2D eigenvalue weighted by molar-refractivity contribution is 1.03. The van der Waals surface area contributed by atoms with Gasteiger partial charge in [0.05, 0.1) is 9.90 Å². The van der Waals surface area contributed by atoms with E-state index in [9.17, 15) is 0 Å². The van der Waals surface area contributed by atoms with E-state index in [-0.39, 0.29) is 0 Å². The number of pyridine rings is 1. The van der Waals surface area contributed by atoms with Gasteiger partial charge in [0.15, 0.2) is 0 Å². The average molecular weight is 298 g/mol. The smallest absolute Gasteiger partial charge is 0.146 e. The van der Waals surface area contributed by atoms with E-state index < -0.39 is 0 Å². The monoisotopic (exact) mass is 297 g/mol. The van der Waals surface area contributed by atoms with Crippen molar-refractivity contribution in [1.29, 1.82) is 5.26 Å². The number of halogens is 2. The van der Waals surface area contributed by atoms with Crippen molar-refractivity contribution in [2.75, 3.05) is 11.9 Å². The molecule has 0 amide bonds. The highest BCUT2D eigenvalue weighted by molar-refractivity contribution is 7.16. The lowest BCUT2D eigenvalue weighted by Gasteiger charge is -2.06. The molecule has 0 saturated heterocycles. The standard InChI is InChI=1S/C12H9Cl2N3S/c13-10-2-1-9(18-10)4-6-17-12-11(14)8(7-15)3-5-16-12/h1-3,5H,4,6H2,(H,16,17).